The summed E-state index contributed by atoms with van der Waals surface area (Å²) in [6.45, 7) is -0.201. The second-order valence-electron chi connectivity index (χ2n) is 5.61. The van der Waals surface area contributed by atoms with Gasteiger partial charge in [0.1, 0.15) is 11.5 Å². The number of pyridine rings is 1. The Labute approximate surface area is 156 Å². The molecule has 0 atom stereocenters. The molecular weight excluding hydrogens is 370 g/mol. The molecule has 27 heavy (non-hydrogen) atoms. The number of aromatic nitrogens is 1. The Balaban J connectivity index is 1.66. The summed E-state index contributed by atoms with van der Waals surface area (Å²) in [6.07, 6.45) is 4.78. The first kappa shape index (κ1) is 18.6. The number of nitrogens with zero attached hydrogens (tertiary/aromatic N) is 1. The van der Waals surface area contributed by atoms with Crippen molar-refractivity contribution in [2.75, 3.05) is 6.61 Å². The molecule has 2 heterocycles. The lowest BCUT2D eigenvalue weighted by molar-refractivity contribution is -0.119. The van der Waals surface area contributed by atoms with E-state index in [0.717, 1.165) is 5.56 Å². The molecule has 1 aromatic carbocycles. The van der Waals surface area contributed by atoms with Crippen LogP contribution in [0.3, 0.4) is 0 Å². The van der Waals surface area contributed by atoms with Gasteiger partial charge in [0, 0.05) is 24.5 Å². The monoisotopic (exact) mass is 387 g/mol. The van der Waals surface area contributed by atoms with E-state index in [1.54, 1.807) is 36.9 Å². The summed E-state index contributed by atoms with van der Waals surface area (Å²) in [5.41, 5.74) is 6.44. The molecule has 0 aliphatic rings. The molecule has 0 radical (unpaired) electrons. The van der Waals surface area contributed by atoms with Crippen molar-refractivity contribution in [2.24, 2.45) is 5.73 Å². The summed E-state index contributed by atoms with van der Waals surface area (Å²) >= 11 is 0. The first-order valence-corrected chi connectivity index (χ1v) is 9.41. The van der Waals surface area contributed by atoms with Crippen LogP contribution in [0.2, 0.25) is 0 Å². The Kier molecular flexibility index (Phi) is 5.53. The highest BCUT2D eigenvalue weighted by atomic mass is 32.2. The fraction of sp³-hybridized carbons (Fsp3) is 0.111. The number of nitrogens with one attached hydrogen (secondary N) is 1. The maximum absolute atomic E-state index is 12.4. The van der Waals surface area contributed by atoms with Gasteiger partial charge < -0.3 is 14.9 Å². The van der Waals surface area contributed by atoms with Gasteiger partial charge in [0.25, 0.3) is 5.91 Å². The Hall–Kier alpha value is -3.17. The van der Waals surface area contributed by atoms with Crippen molar-refractivity contribution in [1.82, 2.24) is 9.71 Å². The van der Waals surface area contributed by atoms with Crippen LogP contribution in [0.4, 0.5) is 0 Å². The topological polar surface area (TPSA) is 125 Å². The number of sulfonamides is 1. The maximum Gasteiger partial charge on any atom is 0.255 e. The average Bonchev–Trinajstić information content (AvgIpc) is 3.20. The number of benzene rings is 1. The van der Waals surface area contributed by atoms with Crippen molar-refractivity contribution in [3.8, 4) is 17.1 Å². The highest BCUT2D eigenvalue weighted by Gasteiger charge is 2.14. The predicted molar refractivity (Wildman–Crippen MR) is 97.1 cm³/mol. The van der Waals surface area contributed by atoms with Crippen molar-refractivity contribution < 1.29 is 22.4 Å². The van der Waals surface area contributed by atoms with Crippen LogP contribution >= 0.6 is 0 Å². The summed E-state index contributed by atoms with van der Waals surface area (Å²) in [5, 5.41) is 0. The van der Waals surface area contributed by atoms with Gasteiger partial charge in [0.15, 0.2) is 6.61 Å². The van der Waals surface area contributed by atoms with Gasteiger partial charge in [-0.15, -0.1) is 0 Å². The third-order valence-electron chi connectivity index (χ3n) is 3.58. The number of carbonyl (C=O) groups is 1. The number of primary amides is 1. The van der Waals surface area contributed by atoms with Crippen LogP contribution in [-0.2, 0) is 21.4 Å². The van der Waals surface area contributed by atoms with Gasteiger partial charge in [0.05, 0.1) is 11.2 Å². The second kappa shape index (κ2) is 8.02. The smallest absolute Gasteiger partial charge is 0.255 e. The van der Waals surface area contributed by atoms with Gasteiger partial charge in [-0.25, -0.2) is 13.1 Å². The van der Waals surface area contributed by atoms with Crippen molar-refractivity contribution in [3.05, 3.63) is 66.7 Å². The number of furan rings is 1. The summed E-state index contributed by atoms with van der Waals surface area (Å²) < 4.78 is 37.8. The van der Waals surface area contributed by atoms with Crippen molar-refractivity contribution >= 4 is 15.9 Å². The third-order valence-corrected chi connectivity index (χ3v) is 5.00. The zero-order valence-electron chi connectivity index (χ0n) is 14.2. The number of rotatable bonds is 8. The van der Waals surface area contributed by atoms with Crippen molar-refractivity contribution in [1.29, 1.82) is 0 Å². The van der Waals surface area contributed by atoms with Crippen LogP contribution in [0.25, 0.3) is 11.3 Å². The highest BCUT2D eigenvalue weighted by Crippen LogP contribution is 2.20. The minimum absolute atomic E-state index is 0.0732. The average molecular weight is 387 g/mol. The minimum atomic E-state index is -3.72. The number of carbonyl (C=O) groups excluding carboxylic acids is 1. The Bertz CT molecular complexity index is 1020. The van der Waals surface area contributed by atoms with E-state index in [1.165, 1.54) is 24.3 Å². The molecule has 0 unspecified atom stereocenters. The molecule has 3 rings (SSSR count). The van der Waals surface area contributed by atoms with E-state index in [9.17, 15) is 13.2 Å². The summed E-state index contributed by atoms with van der Waals surface area (Å²) in [4.78, 5) is 14.9. The summed E-state index contributed by atoms with van der Waals surface area (Å²) in [6, 6.07) is 11.0. The molecular formula is C18H17N3O5S. The fourth-order valence-corrected chi connectivity index (χ4v) is 3.31. The molecule has 1 amide bonds. The molecule has 0 saturated heterocycles. The van der Waals surface area contributed by atoms with Gasteiger partial charge in [-0.05, 0) is 48.0 Å². The van der Waals surface area contributed by atoms with Crippen LogP contribution in [0.5, 0.6) is 5.75 Å². The van der Waals surface area contributed by atoms with Gasteiger partial charge in [0.2, 0.25) is 10.0 Å². The lowest BCUT2D eigenvalue weighted by Crippen LogP contribution is -2.23. The fourth-order valence-electron chi connectivity index (χ4n) is 2.29. The number of nitrogens with two attached hydrogens (primary N) is 1. The van der Waals surface area contributed by atoms with Crippen molar-refractivity contribution in [3.63, 3.8) is 0 Å². The van der Waals surface area contributed by atoms with Crippen LogP contribution in [-0.4, -0.2) is 25.9 Å². The largest absolute Gasteiger partial charge is 0.484 e. The Morgan fingerprint density at radius 2 is 1.96 bits per heavy atom. The normalized spacial score (nSPS) is 11.3. The molecule has 9 heteroatoms. The molecule has 0 spiro atoms. The Morgan fingerprint density at radius 1 is 1.19 bits per heavy atom. The van der Waals surface area contributed by atoms with E-state index in [-0.39, 0.29) is 18.0 Å². The van der Waals surface area contributed by atoms with E-state index >= 15 is 0 Å². The molecule has 0 bridgehead atoms. The number of hydrogen-bond acceptors (Lipinski definition) is 6. The SMILES string of the molecule is NC(=O)COc1ccc(S(=O)(=O)NCc2cncc(-c3ccco3)c2)cc1. The molecule has 140 valence electrons. The lowest BCUT2D eigenvalue weighted by Gasteiger charge is -2.09. The van der Waals surface area contributed by atoms with Gasteiger partial charge in [-0.2, -0.15) is 0 Å². The first-order chi connectivity index (χ1) is 12.9. The number of ether oxygens (including phenoxy) is 1. The predicted octanol–water partition coefficient (Wildman–Crippen LogP) is 1.68. The lowest BCUT2D eigenvalue weighted by atomic mass is 10.2. The van der Waals surface area contributed by atoms with Crippen LogP contribution in [0.1, 0.15) is 5.56 Å². The van der Waals surface area contributed by atoms with Crippen LogP contribution < -0.4 is 15.2 Å². The first-order valence-electron chi connectivity index (χ1n) is 7.93. The number of hydrogen-bond donors (Lipinski definition) is 2. The number of amides is 1. The van der Waals surface area contributed by atoms with E-state index in [0.29, 0.717) is 17.1 Å². The van der Waals surface area contributed by atoms with E-state index in [4.69, 9.17) is 14.9 Å². The molecule has 2 aromatic heterocycles. The summed E-state index contributed by atoms with van der Waals surface area (Å²) in [5.74, 6) is 0.389. The van der Waals surface area contributed by atoms with Crippen LogP contribution in [0.15, 0.2) is 70.4 Å². The molecule has 0 aliphatic heterocycles. The molecule has 3 N–H and O–H groups in total. The maximum atomic E-state index is 12.4. The molecule has 3 aromatic rings. The zero-order chi connectivity index (χ0) is 19.3. The molecule has 0 saturated carbocycles. The van der Waals surface area contributed by atoms with E-state index < -0.39 is 15.9 Å². The summed E-state index contributed by atoms with van der Waals surface area (Å²) in [7, 11) is -3.72. The quantitative estimate of drug-likeness (QED) is 0.606. The standard InChI is InChI=1S/C18H17N3O5S/c19-18(22)12-26-15-3-5-16(6-4-15)27(23,24)21-10-13-8-14(11-20-9-13)17-2-1-7-25-17/h1-9,11,21H,10,12H2,(H2,19,22). The minimum Gasteiger partial charge on any atom is -0.484 e. The highest BCUT2D eigenvalue weighted by molar-refractivity contribution is 7.89. The van der Waals surface area contributed by atoms with Crippen molar-refractivity contribution in [2.45, 2.75) is 11.4 Å². The third kappa shape index (κ3) is 4.93. The Morgan fingerprint density at radius 3 is 2.63 bits per heavy atom. The van der Waals surface area contributed by atoms with Gasteiger partial charge in [-0.1, -0.05) is 0 Å². The second-order valence-corrected chi connectivity index (χ2v) is 7.38. The zero-order valence-corrected chi connectivity index (χ0v) is 15.0. The molecule has 0 fully saturated rings. The van der Waals surface area contributed by atoms with Gasteiger partial charge in [-0.3, -0.25) is 9.78 Å². The van der Waals surface area contributed by atoms with E-state index in [2.05, 4.69) is 9.71 Å². The van der Waals surface area contributed by atoms with E-state index in [1.807, 2.05) is 0 Å². The molecule has 8 nitrogen and oxygen atoms in total. The molecule has 0 aliphatic carbocycles. The van der Waals surface area contributed by atoms with Gasteiger partial charge >= 0.3 is 0 Å². The van der Waals surface area contributed by atoms with Crippen LogP contribution in [0, 0.1) is 0 Å².